The highest BCUT2D eigenvalue weighted by molar-refractivity contribution is 5.78. The molecule has 3 nitrogen and oxygen atoms in total. The number of aromatic nitrogens is 2. The summed E-state index contributed by atoms with van der Waals surface area (Å²) >= 11 is 0. The molecule has 2 aromatic rings. The van der Waals surface area contributed by atoms with Gasteiger partial charge >= 0.3 is 0 Å². The fourth-order valence-corrected chi connectivity index (χ4v) is 2.61. The Hall–Kier alpha value is -1.64. The highest BCUT2D eigenvalue weighted by Crippen LogP contribution is 2.19. The minimum atomic E-state index is 0.759. The molecule has 21 heavy (non-hydrogen) atoms. The van der Waals surface area contributed by atoms with Crippen molar-refractivity contribution in [3.05, 3.63) is 29.6 Å². The second-order valence-corrected chi connectivity index (χ2v) is 5.78. The van der Waals surface area contributed by atoms with E-state index in [0.717, 1.165) is 29.6 Å². The second kappa shape index (κ2) is 7.96. The number of hydrogen-bond acceptors (Lipinski definition) is 3. The third-order valence-corrected chi connectivity index (χ3v) is 3.88. The first-order valence-corrected chi connectivity index (χ1v) is 8.29. The maximum Gasteiger partial charge on any atom is 0.0910 e. The van der Waals surface area contributed by atoms with Gasteiger partial charge in [-0.25, -0.2) is 9.97 Å². The Labute approximate surface area is 128 Å². The van der Waals surface area contributed by atoms with Crippen LogP contribution in [0, 0.1) is 0 Å². The van der Waals surface area contributed by atoms with Crippen LogP contribution < -0.4 is 5.73 Å². The van der Waals surface area contributed by atoms with E-state index in [0.29, 0.717) is 0 Å². The lowest BCUT2D eigenvalue weighted by atomic mass is 10.1. The average Bonchev–Trinajstić information content (AvgIpc) is 2.49. The van der Waals surface area contributed by atoms with E-state index in [2.05, 4.69) is 13.8 Å². The molecule has 2 N–H and O–H groups in total. The molecule has 0 amide bonds. The van der Waals surface area contributed by atoms with Gasteiger partial charge in [0, 0.05) is 5.69 Å². The molecular formula is C18H27N3. The number of fused-ring (bicyclic) bond motifs is 1. The van der Waals surface area contributed by atoms with Gasteiger partial charge in [0.05, 0.1) is 22.4 Å². The monoisotopic (exact) mass is 285 g/mol. The van der Waals surface area contributed by atoms with Gasteiger partial charge in [-0.1, -0.05) is 39.5 Å². The molecule has 0 radical (unpaired) electrons. The zero-order valence-corrected chi connectivity index (χ0v) is 13.4. The summed E-state index contributed by atoms with van der Waals surface area (Å²) in [6.07, 6.45) is 9.49. The number of nitrogen functional groups attached to an aromatic ring is 1. The largest absolute Gasteiger partial charge is 0.399 e. The van der Waals surface area contributed by atoms with E-state index in [4.69, 9.17) is 15.7 Å². The quantitative estimate of drug-likeness (QED) is 0.566. The number of benzene rings is 1. The Balaban J connectivity index is 2.24. The van der Waals surface area contributed by atoms with E-state index in [1.54, 1.807) is 0 Å². The van der Waals surface area contributed by atoms with Crippen molar-refractivity contribution >= 4 is 16.7 Å². The fraction of sp³-hybridized carbons (Fsp3) is 0.556. The van der Waals surface area contributed by atoms with Gasteiger partial charge in [-0.2, -0.15) is 0 Å². The van der Waals surface area contributed by atoms with Crippen molar-refractivity contribution in [2.45, 2.75) is 65.2 Å². The lowest BCUT2D eigenvalue weighted by Gasteiger charge is -2.10. The highest BCUT2D eigenvalue weighted by Gasteiger charge is 2.09. The molecule has 0 fully saturated rings. The molecule has 0 atom stereocenters. The maximum absolute atomic E-state index is 5.86. The Morgan fingerprint density at radius 1 is 0.810 bits per heavy atom. The molecule has 1 heterocycles. The van der Waals surface area contributed by atoms with Crippen LogP contribution in [0.2, 0.25) is 0 Å². The van der Waals surface area contributed by atoms with Gasteiger partial charge in [0.15, 0.2) is 0 Å². The summed E-state index contributed by atoms with van der Waals surface area (Å²) in [6, 6.07) is 5.82. The van der Waals surface area contributed by atoms with Gasteiger partial charge < -0.3 is 5.73 Å². The number of nitrogens with zero attached hydrogens (tertiary/aromatic N) is 2. The van der Waals surface area contributed by atoms with E-state index in [1.807, 2.05) is 18.2 Å². The van der Waals surface area contributed by atoms with Crippen molar-refractivity contribution in [2.75, 3.05) is 5.73 Å². The molecule has 0 bridgehead atoms. The fourth-order valence-electron chi connectivity index (χ4n) is 2.61. The van der Waals surface area contributed by atoms with Crippen LogP contribution in [0.25, 0.3) is 11.0 Å². The van der Waals surface area contributed by atoms with Gasteiger partial charge in [-0.05, 0) is 43.9 Å². The summed E-state index contributed by atoms with van der Waals surface area (Å²) in [6.45, 7) is 4.46. The summed E-state index contributed by atoms with van der Waals surface area (Å²) < 4.78 is 0. The first kappa shape index (κ1) is 15.7. The number of anilines is 1. The van der Waals surface area contributed by atoms with Crippen LogP contribution in [0.4, 0.5) is 5.69 Å². The van der Waals surface area contributed by atoms with Gasteiger partial charge in [0.25, 0.3) is 0 Å². The van der Waals surface area contributed by atoms with Crippen molar-refractivity contribution in [1.29, 1.82) is 0 Å². The number of unbranched alkanes of at least 4 members (excludes halogenated alkanes) is 4. The predicted octanol–water partition coefficient (Wildman–Crippen LogP) is 4.68. The molecule has 1 aromatic heterocycles. The molecule has 0 aliphatic heterocycles. The number of nitrogens with two attached hydrogens (primary N) is 1. The van der Waals surface area contributed by atoms with Crippen molar-refractivity contribution in [1.82, 2.24) is 9.97 Å². The molecule has 2 rings (SSSR count). The Bertz CT molecular complexity index is 578. The first-order valence-electron chi connectivity index (χ1n) is 8.29. The first-order chi connectivity index (χ1) is 10.2. The number of aryl methyl sites for hydroxylation is 2. The third kappa shape index (κ3) is 4.42. The molecule has 0 unspecified atom stereocenters. The summed E-state index contributed by atoms with van der Waals surface area (Å²) in [7, 11) is 0. The van der Waals surface area contributed by atoms with E-state index >= 15 is 0 Å². The van der Waals surface area contributed by atoms with Gasteiger partial charge in [0.1, 0.15) is 0 Å². The molecule has 0 saturated carbocycles. The number of hydrogen-bond donors (Lipinski definition) is 1. The van der Waals surface area contributed by atoms with Crippen LogP contribution in [0.15, 0.2) is 18.2 Å². The van der Waals surface area contributed by atoms with Crippen molar-refractivity contribution in [2.24, 2.45) is 0 Å². The van der Waals surface area contributed by atoms with Crippen molar-refractivity contribution in [3.63, 3.8) is 0 Å². The molecule has 3 heteroatoms. The Morgan fingerprint density at radius 3 is 2.19 bits per heavy atom. The average molecular weight is 285 g/mol. The minimum Gasteiger partial charge on any atom is -0.399 e. The Morgan fingerprint density at radius 2 is 1.48 bits per heavy atom. The van der Waals surface area contributed by atoms with Gasteiger partial charge in [-0.15, -0.1) is 0 Å². The van der Waals surface area contributed by atoms with Crippen LogP contribution in [0.3, 0.4) is 0 Å². The van der Waals surface area contributed by atoms with Crippen LogP contribution in [0.1, 0.15) is 63.8 Å². The molecular weight excluding hydrogens is 258 g/mol. The lowest BCUT2D eigenvalue weighted by Crippen LogP contribution is -2.03. The molecule has 0 aliphatic rings. The van der Waals surface area contributed by atoms with Crippen molar-refractivity contribution < 1.29 is 0 Å². The number of rotatable bonds is 8. The zero-order chi connectivity index (χ0) is 15.1. The summed E-state index contributed by atoms with van der Waals surface area (Å²) in [4.78, 5) is 9.68. The van der Waals surface area contributed by atoms with E-state index in [-0.39, 0.29) is 0 Å². The molecule has 114 valence electrons. The summed E-state index contributed by atoms with van der Waals surface area (Å²) in [5.41, 5.74) is 10.9. The van der Waals surface area contributed by atoms with Crippen molar-refractivity contribution in [3.8, 4) is 0 Å². The van der Waals surface area contributed by atoms with Crippen LogP contribution in [-0.2, 0) is 12.8 Å². The van der Waals surface area contributed by atoms with Crippen LogP contribution in [0.5, 0.6) is 0 Å². The standard InChI is InChI=1S/C18H27N3/c1-3-5-7-8-10-16-15(9-6-4-2)20-17-12-11-14(19)13-18(17)21-16/h11-13H,3-10,19H2,1-2H3. The maximum atomic E-state index is 5.86. The predicted molar refractivity (Wildman–Crippen MR) is 90.4 cm³/mol. The lowest BCUT2D eigenvalue weighted by molar-refractivity contribution is 0.653. The van der Waals surface area contributed by atoms with Gasteiger partial charge in [-0.3, -0.25) is 0 Å². The molecule has 0 aliphatic carbocycles. The van der Waals surface area contributed by atoms with Gasteiger partial charge in [0.2, 0.25) is 0 Å². The third-order valence-electron chi connectivity index (χ3n) is 3.88. The second-order valence-electron chi connectivity index (χ2n) is 5.78. The summed E-state index contributed by atoms with van der Waals surface area (Å²) in [5, 5.41) is 0. The molecule has 0 spiro atoms. The molecule has 1 aromatic carbocycles. The van der Waals surface area contributed by atoms with E-state index in [9.17, 15) is 0 Å². The van der Waals surface area contributed by atoms with Crippen LogP contribution in [-0.4, -0.2) is 9.97 Å². The van der Waals surface area contributed by atoms with E-state index < -0.39 is 0 Å². The normalized spacial score (nSPS) is 11.1. The topological polar surface area (TPSA) is 51.8 Å². The minimum absolute atomic E-state index is 0.759. The smallest absolute Gasteiger partial charge is 0.0910 e. The molecule has 0 saturated heterocycles. The Kier molecular flexibility index (Phi) is 5.97. The zero-order valence-electron chi connectivity index (χ0n) is 13.4. The van der Waals surface area contributed by atoms with E-state index in [1.165, 1.54) is 49.9 Å². The summed E-state index contributed by atoms with van der Waals surface area (Å²) in [5.74, 6) is 0. The van der Waals surface area contributed by atoms with Crippen LogP contribution >= 0.6 is 0 Å². The highest BCUT2D eigenvalue weighted by atomic mass is 14.8. The SMILES string of the molecule is CCCCCCc1nc2cc(N)ccc2nc1CCCC.